The minimum Gasteiger partial charge on any atom is -0.350 e. The summed E-state index contributed by atoms with van der Waals surface area (Å²) in [6, 6.07) is 0. The summed E-state index contributed by atoms with van der Waals surface area (Å²) < 4.78 is 10.9. The minimum atomic E-state index is -0.00347. The Morgan fingerprint density at radius 2 is 2.09 bits per heavy atom. The van der Waals surface area contributed by atoms with Crippen LogP contribution in [0.25, 0.3) is 0 Å². The summed E-state index contributed by atoms with van der Waals surface area (Å²) in [6.45, 7) is 2.78. The molecule has 0 amide bonds. The Kier molecular flexibility index (Phi) is 2.68. The highest BCUT2D eigenvalue weighted by Gasteiger charge is 2.28. The lowest BCUT2D eigenvalue weighted by Crippen LogP contribution is -2.40. The first-order valence-electron chi connectivity index (χ1n) is 4.05. The SMILES string of the molecule is C1COC(C2NCCS2)OC1. The molecule has 2 heterocycles. The van der Waals surface area contributed by atoms with Gasteiger partial charge in [0.2, 0.25) is 0 Å². The lowest BCUT2D eigenvalue weighted by atomic mass is 10.4. The van der Waals surface area contributed by atoms with Crippen molar-refractivity contribution in [3.63, 3.8) is 0 Å². The molecule has 2 aliphatic rings. The third kappa shape index (κ3) is 1.87. The number of rotatable bonds is 1. The van der Waals surface area contributed by atoms with Crippen LogP contribution >= 0.6 is 11.8 Å². The van der Waals surface area contributed by atoms with Crippen LogP contribution in [-0.4, -0.2) is 37.2 Å². The van der Waals surface area contributed by atoms with Crippen molar-refractivity contribution >= 4 is 11.8 Å². The Morgan fingerprint density at radius 1 is 1.27 bits per heavy atom. The molecular weight excluding hydrogens is 162 g/mol. The summed E-state index contributed by atoms with van der Waals surface area (Å²) in [4.78, 5) is 0. The molecule has 11 heavy (non-hydrogen) atoms. The summed E-state index contributed by atoms with van der Waals surface area (Å²) in [5.41, 5.74) is 0. The van der Waals surface area contributed by atoms with E-state index < -0.39 is 0 Å². The molecule has 0 aromatic carbocycles. The van der Waals surface area contributed by atoms with Crippen LogP contribution in [0, 0.1) is 0 Å². The van der Waals surface area contributed by atoms with E-state index in [-0.39, 0.29) is 6.29 Å². The van der Waals surface area contributed by atoms with E-state index in [1.165, 1.54) is 5.75 Å². The van der Waals surface area contributed by atoms with Crippen LogP contribution in [0.3, 0.4) is 0 Å². The van der Waals surface area contributed by atoms with E-state index in [4.69, 9.17) is 9.47 Å². The first-order chi connectivity index (χ1) is 5.47. The summed E-state index contributed by atoms with van der Waals surface area (Å²) in [7, 11) is 0. The third-order valence-corrected chi connectivity index (χ3v) is 3.03. The zero-order valence-electron chi connectivity index (χ0n) is 6.41. The Balaban J connectivity index is 1.82. The molecule has 0 aromatic rings. The van der Waals surface area contributed by atoms with E-state index in [0.29, 0.717) is 5.37 Å². The molecule has 64 valence electrons. The average molecular weight is 175 g/mol. The fourth-order valence-electron chi connectivity index (χ4n) is 1.30. The number of hydrogen-bond acceptors (Lipinski definition) is 4. The van der Waals surface area contributed by atoms with Gasteiger partial charge in [-0.2, -0.15) is 0 Å². The first-order valence-corrected chi connectivity index (χ1v) is 5.10. The highest BCUT2D eigenvalue weighted by atomic mass is 32.2. The zero-order valence-corrected chi connectivity index (χ0v) is 7.23. The Hall–Kier alpha value is 0.230. The monoisotopic (exact) mass is 175 g/mol. The Morgan fingerprint density at radius 3 is 2.73 bits per heavy atom. The average Bonchev–Trinajstić information content (AvgIpc) is 2.58. The number of thioether (sulfide) groups is 1. The number of nitrogens with one attached hydrogen (secondary N) is 1. The molecule has 0 aromatic heterocycles. The number of ether oxygens (including phenoxy) is 2. The van der Waals surface area contributed by atoms with Gasteiger partial charge in [0.05, 0.1) is 13.2 Å². The molecule has 2 fully saturated rings. The van der Waals surface area contributed by atoms with Gasteiger partial charge in [0, 0.05) is 12.3 Å². The van der Waals surface area contributed by atoms with E-state index in [9.17, 15) is 0 Å². The maximum Gasteiger partial charge on any atom is 0.182 e. The summed E-state index contributed by atoms with van der Waals surface area (Å²) in [5, 5.41) is 3.71. The van der Waals surface area contributed by atoms with Crippen LogP contribution in [0.2, 0.25) is 0 Å². The van der Waals surface area contributed by atoms with Crippen LogP contribution in [0.15, 0.2) is 0 Å². The van der Waals surface area contributed by atoms with E-state index in [2.05, 4.69) is 5.32 Å². The van der Waals surface area contributed by atoms with Crippen LogP contribution in [0.5, 0.6) is 0 Å². The molecule has 0 aliphatic carbocycles. The smallest absolute Gasteiger partial charge is 0.182 e. The van der Waals surface area contributed by atoms with Crippen LogP contribution in [-0.2, 0) is 9.47 Å². The molecule has 1 N–H and O–H groups in total. The van der Waals surface area contributed by atoms with Gasteiger partial charge in [-0.05, 0) is 6.42 Å². The van der Waals surface area contributed by atoms with Gasteiger partial charge in [0.25, 0.3) is 0 Å². The van der Waals surface area contributed by atoms with E-state index in [0.717, 1.165) is 26.2 Å². The van der Waals surface area contributed by atoms with Crippen molar-refractivity contribution < 1.29 is 9.47 Å². The normalized spacial score (nSPS) is 34.4. The summed E-state index contributed by atoms with van der Waals surface area (Å²) >= 11 is 1.89. The third-order valence-electron chi connectivity index (χ3n) is 1.85. The summed E-state index contributed by atoms with van der Waals surface area (Å²) in [6.07, 6.45) is 1.03. The lowest BCUT2D eigenvalue weighted by molar-refractivity contribution is -0.179. The predicted molar refractivity (Wildman–Crippen MR) is 44.6 cm³/mol. The maximum atomic E-state index is 5.46. The largest absolute Gasteiger partial charge is 0.350 e. The quantitative estimate of drug-likeness (QED) is 0.625. The highest BCUT2D eigenvalue weighted by Crippen LogP contribution is 2.22. The van der Waals surface area contributed by atoms with Gasteiger partial charge in [-0.1, -0.05) is 0 Å². The fraction of sp³-hybridized carbons (Fsp3) is 1.00. The second-order valence-electron chi connectivity index (χ2n) is 2.71. The Labute approximate surface area is 70.8 Å². The van der Waals surface area contributed by atoms with Gasteiger partial charge in [-0.25, -0.2) is 0 Å². The van der Waals surface area contributed by atoms with Crippen molar-refractivity contribution in [3.05, 3.63) is 0 Å². The molecule has 2 rings (SSSR count). The molecule has 0 bridgehead atoms. The van der Waals surface area contributed by atoms with Crippen LogP contribution < -0.4 is 5.32 Å². The molecule has 1 unspecified atom stereocenters. The van der Waals surface area contributed by atoms with Crippen molar-refractivity contribution in [2.45, 2.75) is 18.1 Å². The second-order valence-corrected chi connectivity index (χ2v) is 3.96. The molecule has 0 radical (unpaired) electrons. The maximum absolute atomic E-state index is 5.46. The van der Waals surface area contributed by atoms with Crippen LogP contribution in [0.1, 0.15) is 6.42 Å². The molecule has 2 aliphatic heterocycles. The highest BCUT2D eigenvalue weighted by molar-refractivity contribution is 8.00. The molecule has 4 heteroatoms. The zero-order chi connectivity index (χ0) is 7.52. The molecule has 3 nitrogen and oxygen atoms in total. The summed E-state index contributed by atoms with van der Waals surface area (Å²) in [5.74, 6) is 1.17. The van der Waals surface area contributed by atoms with E-state index >= 15 is 0 Å². The van der Waals surface area contributed by atoms with Gasteiger partial charge in [0.15, 0.2) is 6.29 Å². The number of hydrogen-bond donors (Lipinski definition) is 1. The van der Waals surface area contributed by atoms with Gasteiger partial charge in [-0.3, -0.25) is 0 Å². The van der Waals surface area contributed by atoms with Crippen molar-refractivity contribution in [2.24, 2.45) is 0 Å². The van der Waals surface area contributed by atoms with Crippen molar-refractivity contribution in [3.8, 4) is 0 Å². The molecule has 0 saturated carbocycles. The second kappa shape index (κ2) is 3.76. The molecule has 0 spiro atoms. The predicted octanol–water partition coefficient (Wildman–Crippen LogP) is 0.412. The van der Waals surface area contributed by atoms with Crippen LogP contribution in [0.4, 0.5) is 0 Å². The van der Waals surface area contributed by atoms with E-state index in [1.54, 1.807) is 0 Å². The molecular formula is C7H13NO2S. The minimum absolute atomic E-state index is 0.00347. The van der Waals surface area contributed by atoms with Crippen molar-refractivity contribution in [1.29, 1.82) is 0 Å². The van der Waals surface area contributed by atoms with Crippen molar-refractivity contribution in [1.82, 2.24) is 5.32 Å². The first kappa shape index (κ1) is 7.86. The van der Waals surface area contributed by atoms with Crippen molar-refractivity contribution in [2.75, 3.05) is 25.5 Å². The van der Waals surface area contributed by atoms with E-state index in [1.807, 2.05) is 11.8 Å². The van der Waals surface area contributed by atoms with Gasteiger partial charge in [0.1, 0.15) is 5.37 Å². The Bertz CT molecular complexity index is 122. The molecule has 1 atom stereocenters. The molecule has 2 saturated heterocycles. The standard InChI is InChI=1S/C7H13NO2S/c1-3-9-7(10-4-1)6-8-2-5-11-6/h6-8H,1-5H2. The van der Waals surface area contributed by atoms with Gasteiger partial charge in [-0.15, -0.1) is 11.8 Å². The van der Waals surface area contributed by atoms with Gasteiger partial charge >= 0.3 is 0 Å². The van der Waals surface area contributed by atoms with Gasteiger partial charge < -0.3 is 14.8 Å². The topological polar surface area (TPSA) is 30.5 Å². The lowest BCUT2D eigenvalue weighted by Gasteiger charge is -2.27. The fourth-order valence-corrected chi connectivity index (χ4v) is 2.34.